The zero-order valence-electron chi connectivity index (χ0n) is 8.53. The van der Waals surface area contributed by atoms with Gasteiger partial charge < -0.3 is 5.73 Å². The van der Waals surface area contributed by atoms with Crippen LogP contribution in [0.4, 0.5) is 4.39 Å². The van der Waals surface area contributed by atoms with Crippen molar-refractivity contribution in [2.75, 3.05) is 13.1 Å². The van der Waals surface area contributed by atoms with Gasteiger partial charge in [-0.1, -0.05) is 12.1 Å². The zero-order chi connectivity index (χ0) is 9.97. The van der Waals surface area contributed by atoms with Crippen LogP contribution in [0.1, 0.15) is 12.0 Å². The predicted octanol–water partition coefficient (Wildman–Crippen LogP) is 1.78. The molecular formula is C11H16ClFN2. The fourth-order valence-corrected chi connectivity index (χ4v) is 1.90. The van der Waals surface area contributed by atoms with Crippen LogP contribution in [0.5, 0.6) is 0 Å². The lowest BCUT2D eigenvalue weighted by molar-refractivity contribution is 0.326. The average Bonchev–Trinajstić information content (AvgIpc) is 2.51. The second-order valence-corrected chi connectivity index (χ2v) is 3.91. The molecule has 1 aliphatic heterocycles. The third kappa shape index (κ3) is 3.45. The highest BCUT2D eigenvalue weighted by molar-refractivity contribution is 5.85. The Balaban J connectivity index is 0.00000112. The fraction of sp³-hybridized carbons (Fsp3) is 0.455. The molecule has 84 valence electrons. The molecule has 1 aromatic carbocycles. The highest BCUT2D eigenvalue weighted by atomic mass is 35.5. The van der Waals surface area contributed by atoms with Crippen LogP contribution < -0.4 is 5.73 Å². The van der Waals surface area contributed by atoms with Gasteiger partial charge in [-0.3, -0.25) is 4.90 Å². The molecule has 1 fully saturated rings. The normalized spacial score (nSPS) is 21.3. The number of benzene rings is 1. The molecule has 0 aliphatic carbocycles. The second kappa shape index (κ2) is 5.45. The summed E-state index contributed by atoms with van der Waals surface area (Å²) in [5.74, 6) is -0.161. The van der Waals surface area contributed by atoms with Gasteiger partial charge in [0.15, 0.2) is 0 Å². The number of halogens is 2. The second-order valence-electron chi connectivity index (χ2n) is 3.91. The maximum Gasteiger partial charge on any atom is 0.123 e. The van der Waals surface area contributed by atoms with E-state index in [4.69, 9.17) is 5.73 Å². The van der Waals surface area contributed by atoms with Crippen LogP contribution in [-0.2, 0) is 6.54 Å². The molecular weight excluding hydrogens is 215 g/mol. The maximum atomic E-state index is 12.9. The van der Waals surface area contributed by atoms with Crippen molar-refractivity contribution in [3.63, 3.8) is 0 Å². The Bertz CT molecular complexity index is 319. The molecule has 15 heavy (non-hydrogen) atoms. The van der Waals surface area contributed by atoms with Crippen LogP contribution in [-0.4, -0.2) is 24.0 Å². The Morgan fingerprint density at radius 2 is 2.27 bits per heavy atom. The van der Waals surface area contributed by atoms with Gasteiger partial charge in [-0.25, -0.2) is 4.39 Å². The molecule has 4 heteroatoms. The lowest BCUT2D eigenvalue weighted by Gasteiger charge is -2.14. The first-order chi connectivity index (χ1) is 6.74. The molecule has 1 aliphatic rings. The minimum atomic E-state index is -0.161. The van der Waals surface area contributed by atoms with E-state index in [1.54, 1.807) is 12.1 Å². The molecule has 2 N–H and O–H groups in total. The Morgan fingerprint density at radius 3 is 2.87 bits per heavy atom. The largest absolute Gasteiger partial charge is 0.326 e. The van der Waals surface area contributed by atoms with E-state index >= 15 is 0 Å². The molecule has 0 spiro atoms. The van der Waals surface area contributed by atoms with Crippen LogP contribution in [0.25, 0.3) is 0 Å². The standard InChI is InChI=1S/C11H15FN2.ClH/c12-10-3-1-2-9(6-10)7-14-5-4-11(13)8-14;/h1-3,6,11H,4-5,7-8,13H2;1H/t11-;/m1./s1. The summed E-state index contributed by atoms with van der Waals surface area (Å²) in [5.41, 5.74) is 6.82. The lowest BCUT2D eigenvalue weighted by Crippen LogP contribution is -2.26. The molecule has 2 rings (SSSR count). The smallest absolute Gasteiger partial charge is 0.123 e. The summed E-state index contributed by atoms with van der Waals surface area (Å²) in [5, 5.41) is 0. The van der Waals surface area contributed by atoms with Crippen molar-refractivity contribution < 1.29 is 4.39 Å². The topological polar surface area (TPSA) is 29.3 Å². The van der Waals surface area contributed by atoms with Gasteiger partial charge >= 0.3 is 0 Å². The number of nitrogens with zero attached hydrogens (tertiary/aromatic N) is 1. The highest BCUT2D eigenvalue weighted by Crippen LogP contribution is 2.12. The van der Waals surface area contributed by atoms with Crippen molar-refractivity contribution in [3.8, 4) is 0 Å². The molecule has 1 atom stereocenters. The van der Waals surface area contributed by atoms with Gasteiger partial charge in [0.25, 0.3) is 0 Å². The highest BCUT2D eigenvalue weighted by Gasteiger charge is 2.18. The zero-order valence-corrected chi connectivity index (χ0v) is 9.34. The summed E-state index contributed by atoms with van der Waals surface area (Å²) >= 11 is 0. The maximum absolute atomic E-state index is 12.9. The summed E-state index contributed by atoms with van der Waals surface area (Å²) in [6.45, 7) is 2.76. The molecule has 1 aromatic rings. The molecule has 2 nitrogen and oxygen atoms in total. The molecule has 1 heterocycles. The Hall–Kier alpha value is -0.640. The number of rotatable bonds is 2. The van der Waals surface area contributed by atoms with Crippen LogP contribution >= 0.6 is 12.4 Å². The van der Waals surface area contributed by atoms with Gasteiger partial charge in [0.2, 0.25) is 0 Å². The third-order valence-electron chi connectivity index (χ3n) is 2.60. The van der Waals surface area contributed by atoms with Crippen molar-refractivity contribution in [2.24, 2.45) is 5.73 Å². The summed E-state index contributed by atoms with van der Waals surface area (Å²) in [4.78, 5) is 2.26. The van der Waals surface area contributed by atoms with E-state index in [1.165, 1.54) is 6.07 Å². The first kappa shape index (κ1) is 12.4. The number of nitrogens with two attached hydrogens (primary N) is 1. The minimum Gasteiger partial charge on any atom is -0.326 e. The monoisotopic (exact) mass is 230 g/mol. The molecule has 0 radical (unpaired) electrons. The predicted molar refractivity (Wildman–Crippen MR) is 61.5 cm³/mol. The average molecular weight is 231 g/mol. The summed E-state index contributed by atoms with van der Waals surface area (Å²) in [6, 6.07) is 7.06. The SMILES string of the molecule is Cl.N[C@@H]1CCN(Cc2cccc(F)c2)C1. The number of hydrogen-bond acceptors (Lipinski definition) is 2. The molecule has 0 bridgehead atoms. The van der Waals surface area contributed by atoms with Crippen LogP contribution in [0, 0.1) is 5.82 Å². The summed E-state index contributed by atoms with van der Waals surface area (Å²) < 4.78 is 12.9. The van der Waals surface area contributed by atoms with Gasteiger partial charge in [-0.2, -0.15) is 0 Å². The van der Waals surface area contributed by atoms with E-state index < -0.39 is 0 Å². The van der Waals surface area contributed by atoms with Crippen molar-refractivity contribution in [1.82, 2.24) is 4.90 Å². The number of likely N-dealkylation sites (tertiary alicyclic amines) is 1. The Morgan fingerprint density at radius 1 is 1.47 bits per heavy atom. The molecule has 0 aromatic heterocycles. The van der Waals surface area contributed by atoms with E-state index in [0.29, 0.717) is 6.04 Å². The first-order valence-electron chi connectivity index (χ1n) is 4.96. The van der Waals surface area contributed by atoms with Crippen LogP contribution in [0.2, 0.25) is 0 Å². The lowest BCUT2D eigenvalue weighted by atomic mass is 10.2. The van der Waals surface area contributed by atoms with Gasteiger partial charge in [-0.15, -0.1) is 12.4 Å². The van der Waals surface area contributed by atoms with E-state index in [1.807, 2.05) is 6.07 Å². The van der Waals surface area contributed by atoms with Gasteiger partial charge in [-0.05, 0) is 24.1 Å². The van der Waals surface area contributed by atoms with Crippen molar-refractivity contribution in [1.29, 1.82) is 0 Å². The Kier molecular flexibility index (Phi) is 4.51. The minimum absolute atomic E-state index is 0. The van der Waals surface area contributed by atoms with Gasteiger partial charge in [0.05, 0.1) is 0 Å². The van der Waals surface area contributed by atoms with Crippen molar-refractivity contribution in [2.45, 2.75) is 19.0 Å². The van der Waals surface area contributed by atoms with Crippen LogP contribution in [0.15, 0.2) is 24.3 Å². The number of hydrogen-bond donors (Lipinski definition) is 1. The van der Waals surface area contributed by atoms with Crippen molar-refractivity contribution in [3.05, 3.63) is 35.6 Å². The van der Waals surface area contributed by atoms with Gasteiger partial charge in [0, 0.05) is 25.7 Å². The molecule has 0 saturated carbocycles. The van der Waals surface area contributed by atoms with E-state index in [9.17, 15) is 4.39 Å². The van der Waals surface area contributed by atoms with Gasteiger partial charge in [0.1, 0.15) is 5.82 Å². The van der Waals surface area contributed by atoms with Crippen LogP contribution in [0.3, 0.4) is 0 Å². The molecule has 0 unspecified atom stereocenters. The van der Waals surface area contributed by atoms with Crippen molar-refractivity contribution >= 4 is 12.4 Å². The van der Waals surface area contributed by atoms with E-state index in [2.05, 4.69) is 4.90 Å². The molecule has 1 saturated heterocycles. The summed E-state index contributed by atoms with van der Waals surface area (Å²) in [7, 11) is 0. The third-order valence-corrected chi connectivity index (χ3v) is 2.60. The Labute approximate surface area is 95.7 Å². The molecule has 0 amide bonds. The first-order valence-corrected chi connectivity index (χ1v) is 4.96. The fourth-order valence-electron chi connectivity index (χ4n) is 1.90. The van der Waals surface area contributed by atoms with E-state index in [0.717, 1.165) is 31.6 Å². The van der Waals surface area contributed by atoms with E-state index in [-0.39, 0.29) is 18.2 Å². The quantitative estimate of drug-likeness (QED) is 0.839. The summed E-state index contributed by atoms with van der Waals surface area (Å²) in [6.07, 6.45) is 1.05.